The Kier molecular flexibility index (Phi) is 6.43. The van der Waals surface area contributed by atoms with Gasteiger partial charge in [0.1, 0.15) is 16.4 Å². The molecule has 0 radical (unpaired) electrons. The first-order valence-electron chi connectivity index (χ1n) is 9.85. The molecule has 0 amide bonds. The summed E-state index contributed by atoms with van der Waals surface area (Å²) in [6.07, 6.45) is 0. The van der Waals surface area contributed by atoms with Crippen molar-refractivity contribution in [1.29, 1.82) is 0 Å². The maximum Gasteiger partial charge on any atom is 0.344 e. The van der Waals surface area contributed by atoms with Crippen molar-refractivity contribution in [2.24, 2.45) is 0 Å². The second-order valence-electron chi connectivity index (χ2n) is 7.31. The van der Waals surface area contributed by atoms with E-state index in [2.05, 4.69) is 4.18 Å². The van der Waals surface area contributed by atoms with E-state index in [0.717, 1.165) is 6.07 Å². The monoisotopic (exact) mass is 516 g/mol. The van der Waals surface area contributed by atoms with Crippen LogP contribution in [-0.4, -0.2) is 32.3 Å². The molecule has 35 heavy (non-hydrogen) atoms. The molecular formula is C23H16O10S2. The molecule has 0 aliphatic rings. The summed E-state index contributed by atoms with van der Waals surface area (Å²) in [6, 6.07) is 17.5. The number of carbonyl (C=O) groups is 1. The van der Waals surface area contributed by atoms with Crippen molar-refractivity contribution in [3.05, 3.63) is 99.9 Å². The molecule has 3 aromatic carbocycles. The molecule has 10 nitrogen and oxygen atoms in total. The number of ketones is 1. The van der Waals surface area contributed by atoms with E-state index in [1.165, 1.54) is 12.1 Å². The molecule has 0 aliphatic heterocycles. The fourth-order valence-corrected chi connectivity index (χ4v) is 4.62. The summed E-state index contributed by atoms with van der Waals surface area (Å²) in [4.78, 5) is 25.5. The number of carbonyl (C=O) groups excluding carboxylic acids is 1. The Morgan fingerprint density at radius 2 is 1.57 bits per heavy atom. The van der Waals surface area contributed by atoms with Crippen LogP contribution < -0.4 is 9.81 Å². The predicted molar refractivity (Wildman–Crippen MR) is 124 cm³/mol. The van der Waals surface area contributed by atoms with Crippen LogP contribution in [-0.2, 0) is 21.1 Å². The van der Waals surface area contributed by atoms with Crippen molar-refractivity contribution in [3.8, 4) is 11.5 Å². The maximum atomic E-state index is 13.5. The lowest BCUT2D eigenvalue weighted by Crippen LogP contribution is -2.22. The molecule has 4 rings (SSSR count). The summed E-state index contributed by atoms with van der Waals surface area (Å²) in [7, 11) is -8.55. The van der Waals surface area contributed by atoms with Crippen LogP contribution in [0.25, 0.3) is 11.0 Å². The van der Waals surface area contributed by atoms with E-state index in [4.69, 9.17) is 4.42 Å². The highest BCUT2D eigenvalue weighted by Crippen LogP contribution is 2.39. The van der Waals surface area contributed by atoms with Crippen molar-refractivity contribution in [2.45, 2.75) is 10.8 Å². The Morgan fingerprint density at radius 3 is 2.14 bits per heavy atom. The first-order valence-corrected chi connectivity index (χ1v) is 12.4. The molecule has 0 saturated carbocycles. The number of benzene rings is 3. The van der Waals surface area contributed by atoms with Crippen molar-refractivity contribution < 1.29 is 39.9 Å². The Labute approximate surface area is 199 Å². The average Bonchev–Trinajstić information content (AvgIpc) is 2.81. The molecule has 180 valence electrons. The molecule has 0 fully saturated rings. The second-order valence-corrected chi connectivity index (χ2v) is 9.33. The van der Waals surface area contributed by atoms with E-state index >= 15 is 0 Å². The lowest BCUT2D eigenvalue weighted by Gasteiger charge is -2.18. The molecular weight excluding hydrogens is 500 g/mol. The lowest BCUT2D eigenvalue weighted by molar-refractivity contribution is 0.0971. The maximum absolute atomic E-state index is 13.5. The van der Waals surface area contributed by atoms with Crippen LogP contribution in [0.5, 0.6) is 11.5 Å². The number of rotatable bonds is 7. The van der Waals surface area contributed by atoms with Crippen LogP contribution in [0.2, 0.25) is 0 Å². The lowest BCUT2D eigenvalue weighted by atomic mass is 9.84. The second kappa shape index (κ2) is 9.33. The van der Waals surface area contributed by atoms with Crippen LogP contribution in [0.3, 0.4) is 0 Å². The molecule has 12 heteroatoms. The molecule has 0 spiro atoms. The zero-order valence-electron chi connectivity index (χ0n) is 17.5. The van der Waals surface area contributed by atoms with Crippen LogP contribution in [0, 0.1) is 0 Å². The summed E-state index contributed by atoms with van der Waals surface area (Å²) >= 11 is 0. The summed E-state index contributed by atoms with van der Waals surface area (Å²) in [6.45, 7) is 0. The minimum Gasteiger partial charge on any atom is -0.507 e. The first-order chi connectivity index (χ1) is 16.6. The number of hydrogen-bond donors (Lipinski definition) is 3. The van der Waals surface area contributed by atoms with Gasteiger partial charge in [0.25, 0.3) is 21.1 Å². The summed E-state index contributed by atoms with van der Waals surface area (Å²) in [5.41, 5.74) is -1.94. The van der Waals surface area contributed by atoms with Gasteiger partial charge in [-0.05, 0) is 11.6 Å². The third kappa shape index (κ3) is 4.80. The van der Waals surface area contributed by atoms with Gasteiger partial charge in [-0.1, -0.05) is 60.7 Å². The Bertz CT molecular complexity index is 1660. The van der Waals surface area contributed by atoms with E-state index in [9.17, 15) is 36.1 Å². The first kappa shape index (κ1) is 24.1. The van der Waals surface area contributed by atoms with E-state index in [-0.39, 0.29) is 5.56 Å². The standard InChI is InChI=1S/C23H16O10S2/c24-20(14-9-5-2-6-10-14)18(13-7-3-1-4-8-13)19-21(25)16-11-15(33-34(27)28)12-17(35(29,30)31)22(16)32-23(19)26/h1-12,18,25,34H,(H,29,30,31). The molecule has 1 atom stereocenters. The number of Topliss-reactive ketones (excluding diaryl/α,β-unsaturated/α-hetero) is 1. The zero-order chi connectivity index (χ0) is 25.3. The minimum atomic E-state index is -5.05. The quantitative estimate of drug-likeness (QED) is 0.144. The Morgan fingerprint density at radius 1 is 0.971 bits per heavy atom. The highest BCUT2D eigenvalue weighted by Gasteiger charge is 2.33. The average molecular weight is 517 g/mol. The van der Waals surface area contributed by atoms with Crippen molar-refractivity contribution in [2.75, 3.05) is 0 Å². The molecule has 1 aromatic heterocycles. The van der Waals surface area contributed by atoms with Gasteiger partial charge in [0.2, 0.25) is 0 Å². The smallest absolute Gasteiger partial charge is 0.344 e. The largest absolute Gasteiger partial charge is 0.507 e. The number of thiol groups is 1. The third-order valence-corrected chi connectivity index (χ3v) is 6.37. The molecule has 4 aromatic rings. The van der Waals surface area contributed by atoms with E-state index in [0.29, 0.717) is 11.6 Å². The summed E-state index contributed by atoms with van der Waals surface area (Å²) in [5, 5.41) is 10.6. The van der Waals surface area contributed by atoms with Crippen LogP contribution in [0.15, 0.2) is 86.9 Å². The Hall–Kier alpha value is -4.00. The number of hydrogen-bond acceptors (Lipinski definition) is 9. The fourth-order valence-electron chi connectivity index (χ4n) is 3.70. The highest BCUT2D eigenvalue weighted by atomic mass is 32.2. The van der Waals surface area contributed by atoms with E-state index in [1.54, 1.807) is 48.5 Å². The van der Waals surface area contributed by atoms with Crippen molar-refractivity contribution in [3.63, 3.8) is 0 Å². The van der Waals surface area contributed by atoms with E-state index in [1.807, 2.05) is 0 Å². The molecule has 0 saturated heterocycles. The van der Waals surface area contributed by atoms with Crippen LogP contribution in [0.1, 0.15) is 27.4 Å². The van der Waals surface area contributed by atoms with Gasteiger partial charge in [0.05, 0.1) is 16.9 Å². The van der Waals surface area contributed by atoms with Gasteiger partial charge in [-0.2, -0.15) is 16.8 Å². The summed E-state index contributed by atoms with van der Waals surface area (Å²) in [5.74, 6) is -3.36. The Balaban J connectivity index is 2.08. The van der Waals surface area contributed by atoms with Crippen LogP contribution >= 0.6 is 0 Å². The van der Waals surface area contributed by atoms with Gasteiger partial charge in [-0.25, -0.2) is 4.79 Å². The fraction of sp³-hybridized carbons (Fsp3) is 0.0435. The minimum absolute atomic E-state index is 0.222. The molecule has 1 heterocycles. The van der Waals surface area contributed by atoms with Gasteiger partial charge in [0.15, 0.2) is 11.4 Å². The van der Waals surface area contributed by atoms with E-state index < -0.39 is 71.4 Å². The van der Waals surface area contributed by atoms with Gasteiger partial charge in [0, 0.05) is 11.6 Å². The third-order valence-electron chi connectivity index (χ3n) is 5.15. The molecule has 1 unspecified atom stereocenters. The molecule has 0 bridgehead atoms. The highest BCUT2D eigenvalue weighted by molar-refractivity contribution is 7.86. The SMILES string of the molecule is O=C(c1ccccc1)C(c1ccccc1)c1c(O)c2cc(O[SH](=O)=O)cc(S(=O)(=O)O)c2oc1=O. The normalized spacial score (nSPS) is 12.5. The predicted octanol–water partition coefficient (Wildman–Crippen LogP) is 2.67. The van der Waals surface area contributed by atoms with Gasteiger partial charge in [-0.15, -0.1) is 0 Å². The summed E-state index contributed by atoms with van der Waals surface area (Å²) < 4.78 is 65.1. The number of aromatic hydroxyl groups is 1. The van der Waals surface area contributed by atoms with Crippen molar-refractivity contribution in [1.82, 2.24) is 0 Å². The molecule has 2 N–H and O–H groups in total. The zero-order valence-corrected chi connectivity index (χ0v) is 19.2. The van der Waals surface area contributed by atoms with Gasteiger partial charge in [-0.3, -0.25) is 9.35 Å². The van der Waals surface area contributed by atoms with Gasteiger partial charge < -0.3 is 13.7 Å². The van der Waals surface area contributed by atoms with Gasteiger partial charge >= 0.3 is 5.63 Å². The van der Waals surface area contributed by atoms with Crippen LogP contribution in [0.4, 0.5) is 0 Å². The number of fused-ring (bicyclic) bond motifs is 1. The topological polar surface area (TPSA) is 165 Å². The van der Waals surface area contributed by atoms with Crippen molar-refractivity contribution >= 4 is 37.9 Å². The molecule has 0 aliphatic carbocycles.